The SMILES string of the molecule is COC(=O)[C@@H](C)N1C(=O)/C(=C/C=C\c2ccccc2)SC1=S. The summed E-state index contributed by atoms with van der Waals surface area (Å²) in [4.78, 5) is 25.7. The summed E-state index contributed by atoms with van der Waals surface area (Å²) in [5.41, 5.74) is 1.04. The van der Waals surface area contributed by atoms with Gasteiger partial charge < -0.3 is 4.74 Å². The van der Waals surface area contributed by atoms with E-state index in [4.69, 9.17) is 12.2 Å². The van der Waals surface area contributed by atoms with E-state index in [0.717, 1.165) is 5.56 Å². The van der Waals surface area contributed by atoms with Crippen molar-refractivity contribution in [1.82, 2.24) is 4.90 Å². The molecule has 1 amide bonds. The van der Waals surface area contributed by atoms with Crippen LogP contribution < -0.4 is 0 Å². The number of thiocarbonyl (C=S) groups is 1. The predicted octanol–water partition coefficient (Wildman–Crippen LogP) is 3.01. The van der Waals surface area contributed by atoms with E-state index in [1.165, 1.54) is 23.8 Å². The van der Waals surface area contributed by atoms with Gasteiger partial charge in [-0.2, -0.15) is 0 Å². The van der Waals surface area contributed by atoms with E-state index in [9.17, 15) is 9.59 Å². The molecular formula is C16H15NO3S2. The lowest BCUT2D eigenvalue weighted by atomic mass is 10.2. The van der Waals surface area contributed by atoms with E-state index in [2.05, 4.69) is 4.74 Å². The van der Waals surface area contributed by atoms with E-state index < -0.39 is 12.0 Å². The largest absolute Gasteiger partial charge is 0.467 e. The highest BCUT2D eigenvalue weighted by Gasteiger charge is 2.38. The first-order valence-corrected chi connectivity index (χ1v) is 7.83. The molecule has 0 saturated carbocycles. The van der Waals surface area contributed by atoms with Crippen molar-refractivity contribution in [3.8, 4) is 0 Å². The topological polar surface area (TPSA) is 46.6 Å². The van der Waals surface area contributed by atoms with Crippen LogP contribution in [0.5, 0.6) is 0 Å². The third-order valence-corrected chi connectivity index (χ3v) is 4.44. The molecule has 4 nitrogen and oxygen atoms in total. The zero-order chi connectivity index (χ0) is 16.1. The highest BCUT2D eigenvalue weighted by molar-refractivity contribution is 8.26. The van der Waals surface area contributed by atoms with Crippen LogP contribution in [-0.2, 0) is 14.3 Å². The average Bonchev–Trinajstić information content (AvgIpc) is 2.81. The molecule has 0 unspecified atom stereocenters. The molecule has 1 aromatic rings. The molecule has 6 heteroatoms. The number of amides is 1. The number of hydrogen-bond donors (Lipinski definition) is 0. The van der Waals surface area contributed by atoms with Gasteiger partial charge in [-0.15, -0.1) is 0 Å². The number of rotatable bonds is 4. The highest BCUT2D eigenvalue weighted by Crippen LogP contribution is 2.32. The van der Waals surface area contributed by atoms with Gasteiger partial charge in [0.25, 0.3) is 5.91 Å². The third kappa shape index (κ3) is 3.64. The molecule has 2 rings (SSSR count). The monoisotopic (exact) mass is 333 g/mol. The van der Waals surface area contributed by atoms with Crippen molar-refractivity contribution < 1.29 is 14.3 Å². The Morgan fingerprint density at radius 1 is 1.36 bits per heavy atom. The quantitative estimate of drug-likeness (QED) is 0.481. The second-order valence-electron chi connectivity index (χ2n) is 4.54. The smallest absolute Gasteiger partial charge is 0.328 e. The number of carbonyl (C=O) groups excluding carboxylic acids is 2. The van der Waals surface area contributed by atoms with Gasteiger partial charge in [0.2, 0.25) is 0 Å². The fraction of sp³-hybridized carbons (Fsp3) is 0.188. The summed E-state index contributed by atoms with van der Waals surface area (Å²) in [6.07, 6.45) is 5.40. The predicted molar refractivity (Wildman–Crippen MR) is 92.1 cm³/mol. The van der Waals surface area contributed by atoms with Crippen LogP contribution in [0, 0.1) is 0 Å². The van der Waals surface area contributed by atoms with Crippen LogP contribution in [0.15, 0.2) is 47.4 Å². The maximum absolute atomic E-state index is 12.3. The van der Waals surface area contributed by atoms with Gasteiger partial charge in [0.15, 0.2) is 0 Å². The van der Waals surface area contributed by atoms with Crippen molar-refractivity contribution >= 4 is 46.3 Å². The summed E-state index contributed by atoms with van der Waals surface area (Å²) in [5, 5.41) is 0. The Kier molecular flexibility index (Phi) is 5.51. The zero-order valence-corrected chi connectivity index (χ0v) is 13.8. The maximum atomic E-state index is 12.3. The summed E-state index contributed by atoms with van der Waals surface area (Å²) in [7, 11) is 1.29. The molecule has 114 valence electrons. The molecule has 1 aliphatic rings. The summed E-state index contributed by atoms with van der Waals surface area (Å²) in [6, 6.07) is 9.04. The van der Waals surface area contributed by atoms with Gasteiger partial charge in [-0.05, 0) is 18.6 Å². The van der Waals surface area contributed by atoms with E-state index >= 15 is 0 Å². The molecule has 0 radical (unpaired) electrons. The lowest BCUT2D eigenvalue weighted by Gasteiger charge is -2.20. The van der Waals surface area contributed by atoms with E-state index in [1.807, 2.05) is 36.4 Å². The Labute approximate surface area is 138 Å². The van der Waals surface area contributed by atoms with Crippen molar-refractivity contribution in [2.75, 3.05) is 7.11 Å². The summed E-state index contributed by atoms with van der Waals surface area (Å²) >= 11 is 6.36. The normalized spacial score (nSPS) is 18.3. The molecule has 22 heavy (non-hydrogen) atoms. The average molecular weight is 333 g/mol. The second-order valence-corrected chi connectivity index (χ2v) is 6.22. The molecule has 0 bridgehead atoms. The van der Waals surface area contributed by atoms with Gasteiger partial charge in [0, 0.05) is 0 Å². The first-order chi connectivity index (χ1) is 10.5. The standard InChI is InChI=1S/C16H15NO3S2/c1-11(15(19)20-2)17-14(18)13(22-16(17)21)10-6-9-12-7-4-3-5-8-12/h3-11H,1-2H3/b9-6-,13-10-/t11-/m1/s1. The zero-order valence-electron chi connectivity index (χ0n) is 12.2. The van der Waals surface area contributed by atoms with Crippen LogP contribution in [0.25, 0.3) is 6.08 Å². The van der Waals surface area contributed by atoms with Crippen LogP contribution in [0.3, 0.4) is 0 Å². The molecule has 1 fully saturated rings. The van der Waals surface area contributed by atoms with Crippen molar-refractivity contribution in [3.63, 3.8) is 0 Å². The Balaban J connectivity index is 2.12. The fourth-order valence-electron chi connectivity index (χ4n) is 1.91. The molecule has 1 heterocycles. The lowest BCUT2D eigenvalue weighted by Crippen LogP contribution is -2.42. The number of allylic oxidation sites excluding steroid dienone is 2. The maximum Gasteiger partial charge on any atom is 0.328 e. The summed E-state index contributed by atoms with van der Waals surface area (Å²) < 4.78 is 5.02. The van der Waals surface area contributed by atoms with E-state index in [1.54, 1.807) is 19.1 Å². The van der Waals surface area contributed by atoms with Gasteiger partial charge in [-0.1, -0.05) is 66.5 Å². The minimum Gasteiger partial charge on any atom is -0.467 e. The second kappa shape index (κ2) is 7.38. The van der Waals surface area contributed by atoms with Crippen molar-refractivity contribution in [2.45, 2.75) is 13.0 Å². The van der Waals surface area contributed by atoms with Crippen LogP contribution in [0.1, 0.15) is 12.5 Å². The number of benzene rings is 1. The summed E-state index contributed by atoms with van der Waals surface area (Å²) in [6.45, 7) is 1.60. The number of nitrogens with zero attached hydrogens (tertiary/aromatic N) is 1. The number of hydrogen-bond acceptors (Lipinski definition) is 5. The highest BCUT2D eigenvalue weighted by atomic mass is 32.2. The van der Waals surface area contributed by atoms with E-state index in [0.29, 0.717) is 9.23 Å². The Hall–Kier alpha value is -1.92. The summed E-state index contributed by atoms with van der Waals surface area (Å²) in [5.74, 6) is -0.761. The molecule has 0 aliphatic carbocycles. The van der Waals surface area contributed by atoms with Crippen molar-refractivity contribution in [3.05, 3.63) is 53.0 Å². The van der Waals surface area contributed by atoms with Gasteiger partial charge >= 0.3 is 5.97 Å². The van der Waals surface area contributed by atoms with Crippen LogP contribution in [-0.4, -0.2) is 34.2 Å². The minimum atomic E-state index is -0.721. The van der Waals surface area contributed by atoms with Crippen molar-refractivity contribution in [2.24, 2.45) is 0 Å². The minimum absolute atomic E-state index is 0.273. The Morgan fingerprint density at radius 3 is 2.68 bits per heavy atom. The van der Waals surface area contributed by atoms with Gasteiger partial charge in [-0.25, -0.2) is 4.79 Å². The number of thioether (sulfide) groups is 1. The molecule has 0 aromatic heterocycles. The molecule has 0 spiro atoms. The number of methoxy groups -OCH3 is 1. The fourth-order valence-corrected chi connectivity index (χ4v) is 3.28. The first kappa shape index (κ1) is 16.5. The molecule has 0 N–H and O–H groups in total. The van der Waals surface area contributed by atoms with Crippen molar-refractivity contribution in [1.29, 1.82) is 0 Å². The van der Waals surface area contributed by atoms with Gasteiger partial charge in [0.1, 0.15) is 10.4 Å². The van der Waals surface area contributed by atoms with Crippen LogP contribution in [0.4, 0.5) is 0 Å². The number of esters is 1. The molecule has 1 saturated heterocycles. The molecule has 1 aromatic carbocycles. The molecule has 1 atom stereocenters. The lowest BCUT2D eigenvalue weighted by molar-refractivity contribution is -0.147. The van der Waals surface area contributed by atoms with Crippen LogP contribution in [0.2, 0.25) is 0 Å². The Bertz CT molecular complexity index is 653. The van der Waals surface area contributed by atoms with E-state index in [-0.39, 0.29) is 5.91 Å². The van der Waals surface area contributed by atoms with Gasteiger partial charge in [-0.3, -0.25) is 9.69 Å². The number of ether oxygens (including phenoxy) is 1. The molecular weight excluding hydrogens is 318 g/mol. The number of carbonyl (C=O) groups is 2. The van der Waals surface area contributed by atoms with Crippen LogP contribution >= 0.6 is 24.0 Å². The molecule has 1 aliphatic heterocycles. The van der Waals surface area contributed by atoms with Gasteiger partial charge in [0.05, 0.1) is 12.0 Å². The Morgan fingerprint density at radius 2 is 2.05 bits per heavy atom. The third-order valence-electron chi connectivity index (χ3n) is 3.09. The first-order valence-electron chi connectivity index (χ1n) is 6.61.